The minimum absolute atomic E-state index is 0.0330. The average Bonchev–Trinajstić information content (AvgIpc) is 2.85. The van der Waals surface area contributed by atoms with Gasteiger partial charge in [-0.05, 0) is 44.9 Å². The number of carbonyl (C=O) groups is 1. The summed E-state index contributed by atoms with van der Waals surface area (Å²) in [4.78, 5) is 38.0. The molecule has 2 aromatic rings. The summed E-state index contributed by atoms with van der Waals surface area (Å²) in [6, 6.07) is 10.4. The molecule has 1 heterocycles. The molecule has 2 aromatic carbocycles. The van der Waals surface area contributed by atoms with E-state index in [4.69, 9.17) is 0 Å². The van der Waals surface area contributed by atoms with Crippen LogP contribution in [0.5, 0.6) is 0 Å². The Morgan fingerprint density at radius 1 is 1.12 bits per heavy atom. The van der Waals surface area contributed by atoms with Gasteiger partial charge in [0.1, 0.15) is 0 Å². The van der Waals surface area contributed by atoms with Crippen LogP contribution in [0, 0.1) is 26.1 Å². The Labute approximate surface area is 197 Å². The molecule has 180 valence electrons. The molecule has 0 aromatic heterocycles. The molecule has 3 rings (SSSR count). The summed E-state index contributed by atoms with van der Waals surface area (Å²) in [6.45, 7) is 6.51. The first kappa shape index (κ1) is 24.6. The maximum Gasteiger partial charge on any atom is 0.270 e. The van der Waals surface area contributed by atoms with Gasteiger partial charge in [0.05, 0.1) is 27.7 Å². The Morgan fingerprint density at radius 3 is 2.38 bits per heavy atom. The number of hydrogen-bond acceptors (Lipinski definition) is 8. The molecule has 11 heteroatoms. The molecular formula is C23H28N6O5. The number of nitrogens with one attached hydrogen (secondary N) is 1. The number of hydrazone groups is 1. The lowest BCUT2D eigenvalue weighted by molar-refractivity contribution is -0.385. The van der Waals surface area contributed by atoms with Gasteiger partial charge in [0, 0.05) is 61.7 Å². The second-order valence-electron chi connectivity index (χ2n) is 7.97. The Hall–Kier alpha value is -4.02. The Morgan fingerprint density at radius 2 is 1.76 bits per heavy atom. The smallest absolute Gasteiger partial charge is 0.270 e. The second-order valence-corrected chi connectivity index (χ2v) is 7.97. The van der Waals surface area contributed by atoms with E-state index < -0.39 is 9.85 Å². The highest BCUT2D eigenvalue weighted by Gasteiger charge is 2.29. The van der Waals surface area contributed by atoms with Crippen LogP contribution in [0.15, 0.2) is 47.6 Å². The zero-order valence-corrected chi connectivity index (χ0v) is 19.2. The molecule has 1 fully saturated rings. The van der Waals surface area contributed by atoms with Gasteiger partial charge in [-0.25, -0.2) is 0 Å². The molecular weight excluding hydrogens is 440 g/mol. The molecule has 0 aliphatic carbocycles. The Kier molecular flexibility index (Phi) is 8.12. The van der Waals surface area contributed by atoms with Crippen LogP contribution in [0.3, 0.4) is 0 Å². The monoisotopic (exact) mass is 468 g/mol. The number of hydrogen-bond donors (Lipinski definition) is 1. The number of nitro groups is 2. The average molecular weight is 469 g/mol. The highest BCUT2D eigenvalue weighted by Crippen LogP contribution is 2.29. The van der Waals surface area contributed by atoms with Gasteiger partial charge in [-0.1, -0.05) is 0 Å². The predicted molar refractivity (Wildman–Crippen MR) is 130 cm³/mol. The lowest BCUT2D eigenvalue weighted by atomic mass is 9.95. The summed E-state index contributed by atoms with van der Waals surface area (Å²) in [7, 11) is 0. The van der Waals surface area contributed by atoms with Gasteiger partial charge in [-0.15, -0.1) is 0 Å². The molecule has 0 saturated carbocycles. The third-order valence-corrected chi connectivity index (χ3v) is 5.88. The van der Waals surface area contributed by atoms with E-state index >= 15 is 0 Å². The largest absolute Gasteiger partial charge is 0.370 e. The van der Waals surface area contributed by atoms with Crippen molar-refractivity contribution in [3.05, 3.63) is 68.3 Å². The van der Waals surface area contributed by atoms with Crippen LogP contribution < -0.4 is 10.3 Å². The summed E-state index contributed by atoms with van der Waals surface area (Å²) in [5, 5.41) is 26.3. The van der Waals surface area contributed by atoms with Crippen molar-refractivity contribution in [3.63, 3.8) is 0 Å². The van der Waals surface area contributed by atoms with Gasteiger partial charge in [0.2, 0.25) is 5.91 Å². The first-order valence-electron chi connectivity index (χ1n) is 11.2. The number of piperidine rings is 1. The normalized spacial score (nSPS) is 15.8. The van der Waals surface area contributed by atoms with E-state index in [1.165, 1.54) is 42.6 Å². The fourth-order valence-electron chi connectivity index (χ4n) is 4.07. The van der Waals surface area contributed by atoms with Gasteiger partial charge in [-0.2, -0.15) is 5.10 Å². The van der Waals surface area contributed by atoms with Crippen molar-refractivity contribution in [2.24, 2.45) is 11.0 Å². The van der Waals surface area contributed by atoms with Crippen LogP contribution in [0.4, 0.5) is 22.7 Å². The highest BCUT2D eigenvalue weighted by molar-refractivity contribution is 5.90. The van der Waals surface area contributed by atoms with Crippen LogP contribution in [-0.2, 0) is 4.79 Å². The van der Waals surface area contributed by atoms with Crippen LogP contribution >= 0.6 is 0 Å². The van der Waals surface area contributed by atoms with Crippen molar-refractivity contribution in [2.45, 2.75) is 26.7 Å². The van der Waals surface area contributed by atoms with E-state index in [0.29, 0.717) is 30.9 Å². The number of non-ortho nitro benzene ring substituents is 2. The van der Waals surface area contributed by atoms with Gasteiger partial charge in [0.15, 0.2) is 0 Å². The van der Waals surface area contributed by atoms with Crippen molar-refractivity contribution >= 4 is 34.9 Å². The Balaban J connectivity index is 1.82. The summed E-state index contributed by atoms with van der Waals surface area (Å²) < 4.78 is 0. The molecule has 34 heavy (non-hydrogen) atoms. The van der Waals surface area contributed by atoms with Crippen LogP contribution in [0.25, 0.3) is 0 Å². The molecule has 1 amide bonds. The maximum atomic E-state index is 12.9. The van der Waals surface area contributed by atoms with Gasteiger partial charge in [0.25, 0.3) is 11.4 Å². The predicted octanol–water partition coefficient (Wildman–Crippen LogP) is 4.03. The van der Waals surface area contributed by atoms with E-state index in [-0.39, 0.29) is 23.2 Å². The van der Waals surface area contributed by atoms with Crippen LogP contribution in [0.1, 0.15) is 32.3 Å². The zero-order valence-electron chi connectivity index (χ0n) is 19.2. The number of nitrogens with zero attached hydrogens (tertiary/aromatic N) is 5. The number of amides is 1. The van der Waals surface area contributed by atoms with Gasteiger partial charge >= 0.3 is 0 Å². The number of benzene rings is 2. The molecule has 1 saturated heterocycles. The SMILES string of the molecule is CCN(CC)C(=O)C1CCCN(c2ccc([N+](=O)[O-])cc2C=NNc2ccc([N+](=O)[O-])cc2)C1. The number of carbonyl (C=O) groups excluding carboxylic acids is 1. The number of rotatable bonds is 9. The summed E-state index contributed by atoms with van der Waals surface area (Å²) in [6.07, 6.45) is 3.13. The van der Waals surface area contributed by atoms with E-state index in [2.05, 4.69) is 15.4 Å². The highest BCUT2D eigenvalue weighted by atomic mass is 16.6. The summed E-state index contributed by atoms with van der Waals surface area (Å²) in [5.41, 5.74) is 4.54. The standard InChI is InChI=1S/C23H28N6O5/c1-3-26(4-2)23(30)17-6-5-13-27(16-17)22-12-11-21(29(33)34)14-18(22)15-24-25-19-7-9-20(10-8-19)28(31)32/h7-12,14-15,17,25H,3-6,13,16H2,1-2H3. The topological polar surface area (TPSA) is 134 Å². The van der Waals surface area contributed by atoms with Crippen molar-refractivity contribution < 1.29 is 14.6 Å². The lowest BCUT2D eigenvalue weighted by Gasteiger charge is -2.36. The summed E-state index contributed by atoms with van der Waals surface area (Å²) in [5.74, 6) is -0.00136. The van der Waals surface area contributed by atoms with Crippen molar-refractivity contribution in [1.82, 2.24) is 4.90 Å². The van der Waals surface area contributed by atoms with E-state index in [1.54, 1.807) is 6.07 Å². The molecule has 1 atom stereocenters. The molecule has 1 N–H and O–H groups in total. The third-order valence-electron chi connectivity index (χ3n) is 5.88. The lowest BCUT2D eigenvalue weighted by Crippen LogP contribution is -2.45. The quantitative estimate of drug-likeness (QED) is 0.333. The second kappa shape index (κ2) is 11.2. The van der Waals surface area contributed by atoms with Gasteiger partial charge in [-0.3, -0.25) is 30.4 Å². The molecule has 0 bridgehead atoms. The molecule has 11 nitrogen and oxygen atoms in total. The van der Waals surface area contributed by atoms with Gasteiger partial charge < -0.3 is 9.80 Å². The van der Waals surface area contributed by atoms with Crippen LogP contribution in [-0.4, -0.2) is 53.0 Å². The molecule has 1 aliphatic heterocycles. The van der Waals surface area contributed by atoms with E-state index in [1.807, 2.05) is 18.7 Å². The number of nitro benzene ring substituents is 2. The molecule has 1 aliphatic rings. The van der Waals surface area contributed by atoms with E-state index in [9.17, 15) is 25.0 Å². The number of anilines is 2. The van der Waals surface area contributed by atoms with Crippen LogP contribution in [0.2, 0.25) is 0 Å². The maximum absolute atomic E-state index is 12.9. The third kappa shape index (κ3) is 5.85. The molecule has 1 unspecified atom stereocenters. The van der Waals surface area contributed by atoms with Crippen molar-refractivity contribution in [1.29, 1.82) is 0 Å². The fourth-order valence-corrected chi connectivity index (χ4v) is 4.07. The van der Waals surface area contributed by atoms with Crippen molar-refractivity contribution in [3.8, 4) is 0 Å². The first-order chi connectivity index (χ1) is 16.3. The van der Waals surface area contributed by atoms with E-state index in [0.717, 1.165) is 25.1 Å². The fraction of sp³-hybridized carbons (Fsp3) is 0.391. The Bertz CT molecular complexity index is 1070. The van der Waals surface area contributed by atoms with Crippen molar-refractivity contribution in [2.75, 3.05) is 36.5 Å². The molecule has 0 spiro atoms. The summed E-state index contributed by atoms with van der Waals surface area (Å²) >= 11 is 0. The first-order valence-corrected chi connectivity index (χ1v) is 11.2. The molecule has 0 radical (unpaired) electrons. The minimum atomic E-state index is -0.487. The minimum Gasteiger partial charge on any atom is -0.370 e. The zero-order chi connectivity index (χ0) is 24.7.